The van der Waals surface area contributed by atoms with E-state index in [-0.39, 0.29) is 6.61 Å². The molecule has 3 aromatic rings. The van der Waals surface area contributed by atoms with Crippen LogP contribution in [-0.2, 0) is 11.3 Å². The molecule has 0 N–H and O–H groups in total. The van der Waals surface area contributed by atoms with Crippen molar-refractivity contribution in [3.05, 3.63) is 65.3 Å². The Labute approximate surface area is 161 Å². The van der Waals surface area contributed by atoms with Crippen molar-refractivity contribution in [2.75, 3.05) is 13.7 Å². The molecule has 0 spiro atoms. The number of nitrogens with zero attached hydrogens (tertiary/aromatic N) is 2. The molecule has 4 rings (SSSR count). The van der Waals surface area contributed by atoms with E-state index in [4.69, 9.17) is 25.8 Å². The van der Waals surface area contributed by atoms with E-state index in [0.29, 0.717) is 34.5 Å². The van der Waals surface area contributed by atoms with Gasteiger partial charge in [0.05, 0.1) is 19.3 Å². The molecule has 1 aliphatic heterocycles. The largest absolute Gasteiger partial charge is 0.493 e. The minimum Gasteiger partial charge on any atom is -0.493 e. The molecule has 0 fully saturated rings. The van der Waals surface area contributed by atoms with Crippen molar-refractivity contribution in [3.63, 3.8) is 0 Å². The molecule has 138 valence electrons. The normalized spacial score (nSPS) is 15.8. The summed E-state index contributed by atoms with van der Waals surface area (Å²) in [4.78, 5) is 12.3. The molecule has 2 heterocycles. The predicted octanol–water partition coefficient (Wildman–Crippen LogP) is 3.83. The molecule has 0 aliphatic carbocycles. The number of halogens is 1. The second-order valence-corrected chi connectivity index (χ2v) is 6.53. The van der Waals surface area contributed by atoms with Gasteiger partial charge in [-0.05, 0) is 30.3 Å². The highest BCUT2D eigenvalue weighted by molar-refractivity contribution is 6.30. The summed E-state index contributed by atoms with van der Waals surface area (Å²) >= 11 is 5.93. The summed E-state index contributed by atoms with van der Waals surface area (Å²) in [5, 5.41) is 5.18. The topological polar surface area (TPSA) is 62.6 Å². The fraction of sp³-hybridized carbons (Fsp3) is 0.200. The molecule has 0 saturated carbocycles. The van der Waals surface area contributed by atoms with Gasteiger partial charge in [0.25, 0.3) is 0 Å². The van der Waals surface area contributed by atoms with Crippen LogP contribution in [0.25, 0.3) is 11.3 Å². The Balaban J connectivity index is 1.49. The Morgan fingerprint density at radius 2 is 1.93 bits per heavy atom. The van der Waals surface area contributed by atoms with Gasteiger partial charge in [0, 0.05) is 10.6 Å². The number of rotatable bonds is 5. The third-order valence-corrected chi connectivity index (χ3v) is 4.53. The lowest BCUT2D eigenvalue weighted by Crippen LogP contribution is -2.36. The van der Waals surface area contributed by atoms with Crippen molar-refractivity contribution in [2.45, 2.75) is 12.6 Å². The van der Waals surface area contributed by atoms with Crippen molar-refractivity contribution in [1.29, 1.82) is 0 Å². The number of carbonyl (C=O) groups excluding carboxylic acids is 1. The quantitative estimate of drug-likeness (QED) is 0.625. The standard InChI is InChI=1S/C20H17ClN2O4/c1-25-18-4-2-3-5-19(18)26-12-15-11-23-17(20(24)27-15)10-16(22-23)13-6-8-14(21)9-7-13/h2-10,15H,11-12H2,1H3. The smallest absolute Gasteiger partial charge is 0.357 e. The first-order chi connectivity index (χ1) is 13.1. The number of ether oxygens (including phenoxy) is 3. The van der Waals surface area contributed by atoms with E-state index in [1.807, 2.05) is 36.4 Å². The molecule has 1 aliphatic rings. The van der Waals surface area contributed by atoms with Gasteiger partial charge in [-0.15, -0.1) is 0 Å². The Morgan fingerprint density at radius 3 is 2.67 bits per heavy atom. The van der Waals surface area contributed by atoms with Crippen molar-refractivity contribution in [1.82, 2.24) is 9.78 Å². The molecule has 1 atom stereocenters. The van der Waals surface area contributed by atoms with Crippen molar-refractivity contribution < 1.29 is 19.0 Å². The zero-order valence-electron chi connectivity index (χ0n) is 14.6. The van der Waals surface area contributed by atoms with Gasteiger partial charge in [-0.2, -0.15) is 5.10 Å². The molecule has 1 unspecified atom stereocenters. The number of fused-ring (bicyclic) bond motifs is 1. The van der Waals surface area contributed by atoms with E-state index in [0.717, 1.165) is 5.56 Å². The molecular formula is C20H17ClN2O4. The summed E-state index contributed by atoms with van der Waals surface area (Å²) in [5.74, 6) is 0.816. The summed E-state index contributed by atoms with van der Waals surface area (Å²) in [6.45, 7) is 0.630. The number of para-hydroxylation sites is 2. The highest BCUT2D eigenvalue weighted by Crippen LogP contribution is 2.27. The van der Waals surface area contributed by atoms with Crippen LogP contribution in [0.1, 0.15) is 10.5 Å². The van der Waals surface area contributed by atoms with Crippen LogP contribution in [0.4, 0.5) is 0 Å². The Morgan fingerprint density at radius 1 is 1.19 bits per heavy atom. The first-order valence-corrected chi connectivity index (χ1v) is 8.82. The minimum absolute atomic E-state index is 0.210. The third kappa shape index (κ3) is 3.61. The fourth-order valence-corrected chi connectivity index (χ4v) is 3.06. The summed E-state index contributed by atoms with van der Waals surface area (Å²) in [6.07, 6.45) is -0.437. The van der Waals surface area contributed by atoms with Crippen molar-refractivity contribution in [2.24, 2.45) is 0 Å². The average molecular weight is 385 g/mol. The summed E-state index contributed by atoms with van der Waals surface area (Å²) < 4.78 is 18.2. The zero-order valence-corrected chi connectivity index (χ0v) is 15.3. The molecule has 6 nitrogen and oxygen atoms in total. The summed E-state index contributed by atoms with van der Waals surface area (Å²) in [7, 11) is 1.58. The number of aromatic nitrogens is 2. The Hall–Kier alpha value is -2.99. The Bertz CT molecular complexity index is 968. The van der Waals surface area contributed by atoms with Crippen LogP contribution < -0.4 is 9.47 Å². The summed E-state index contributed by atoms with van der Waals surface area (Å²) in [5.41, 5.74) is 2.01. The minimum atomic E-state index is -0.437. The number of carbonyl (C=O) groups is 1. The first kappa shape index (κ1) is 17.4. The van der Waals surface area contributed by atoms with E-state index in [1.54, 1.807) is 30.0 Å². The van der Waals surface area contributed by atoms with Gasteiger partial charge in [0.1, 0.15) is 12.3 Å². The molecule has 7 heteroatoms. The molecule has 0 amide bonds. The van der Waals surface area contributed by atoms with Crippen LogP contribution in [-0.4, -0.2) is 35.6 Å². The van der Waals surface area contributed by atoms with E-state index in [2.05, 4.69) is 5.10 Å². The number of hydrogen-bond donors (Lipinski definition) is 0. The van der Waals surface area contributed by atoms with Crippen LogP contribution in [0.5, 0.6) is 11.5 Å². The van der Waals surface area contributed by atoms with Crippen LogP contribution >= 0.6 is 11.6 Å². The highest BCUT2D eigenvalue weighted by Gasteiger charge is 2.29. The van der Waals surface area contributed by atoms with Gasteiger partial charge < -0.3 is 14.2 Å². The van der Waals surface area contributed by atoms with Crippen molar-refractivity contribution in [3.8, 4) is 22.8 Å². The van der Waals surface area contributed by atoms with E-state index in [1.165, 1.54) is 0 Å². The number of esters is 1. The van der Waals surface area contributed by atoms with Crippen molar-refractivity contribution >= 4 is 17.6 Å². The fourth-order valence-electron chi connectivity index (χ4n) is 2.93. The Kier molecular flexibility index (Phi) is 4.73. The molecule has 0 saturated heterocycles. The number of benzene rings is 2. The predicted molar refractivity (Wildman–Crippen MR) is 100 cm³/mol. The van der Waals surface area contributed by atoms with E-state index in [9.17, 15) is 4.79 Å². The lowest BCUT2D eigenvalue weighted by molar-refractivity contribution is 0.000102. The van der Waals surface area contributed by atoms with Crippen LogP contribution in [0.2, 0.25) is 5.02 Å². The molecule has 1 aromatic heterocycles. The molecule has 27 heavy (non-hydrogen) atoms. The van der Waals surface area contributed by atoms with Gasteiger partial charge >= 0.3 is 5.97 Å². The van der Waals surface area contributed by atoms with Gasteiger partial charge in [-0.3, -0.25) is 4.68 Å². The lowest BCUT2D eigenvalue weighted by atomic mass is 10.1. The molecule has 0 bridgehead atoms. The monoisotopic (exact) mass is 384 g/mol. The second kappa shape index (κ2) is 7.32. The average Bonchev–Trinajstić information content (AvgIpc) is 3.12. The maximum Gasteiger partial charge on any atom is 0.357 e. The number of hydrogen-bond acceptors (Lipinski definition) is 5. The van der Waals surface area contributed by atoms with Gasteiger partial charge in [-0.25, -0.2) is 4.79 Å². The molecule has 0 radical (unpaired) electrons. The van der Waals surface area contributed by atoms with Crippen LogP contribution in [0.15, 0.2) is 54.6 Å². The second-order valence-electron chi connectivity index (χ2n) is 6.09. The number of cyclic esters (lactones) is 1. The lowest BCUT2D eigenvalue weighted by Gasteiger charge is -2.23. The zero-order chi connectivity index (χ0) is 18.8. The number of methoxy groups -OCH3 is 1. The van der Waals surface area contributed by atoms with Crippen LogP contribution in [0.3, 0.4) is 0 Å². The maximum atomic E-state index is 12.3. The van der Waals surface area contributed by atoms with Crippen LogP contribution in [0, 0.1) is 0 Å². The summed E-state index contributed by atoms with van der Waals surface area (Å²) in [6, 6.07) is 16.4. The SMILES string of the molecule is COc1ccccc1OCC1Cn2nc(-c3ccc(Cl)cc3)cc2C(=O)O1. The third-order valence-electron chi connectivity index (χ3n) is 4.27. The van der Waals surface area contributed by atoms with E-state index < -0.39 is 12.1 Å². The highest BCUT2D eigenvalue weighted by atomic mass is 35.5. The van der Waals surface area contributed by atoms with E-state index >= 15 is 0 Å². The molecule has 2 aromatic carbocycles. The maximum absolute atomic E-state index is 12.3. The first-order valence-electron chi connectivity index (χ1n) is 8.44. The van der Waals surface area contributed by atoms with Gasteiger partial charge in [0.15, 0.2) is 17.6 Å². The van der Waals surface area contributed by atoms with Gasteiger partial charge in [-0.1, -0.05) is 35.9 Å². The molecular weight excluding hydrogens is 368 g/mol. The van der Waals surface area contributed by atoms with Gasteiger partial charge in [0.2, 0.25) is 0 Å².